The Hall–Kier alpha value is -1.42. The SMILES string of the molecule is O=NN1CCC(O)(c2ccccc2)CC1. The first-order chi connectivity index (χ1) is 7.24. The Bertz CT molecular complexity index is 332. The van der Waals surface area contributed by atoms with Crippen molar-refractivity contribution >= 4 is 0 Å². The van der Waals surface area contributed by atoms with Crippen molar-refractivity contribution in [2.24, 2.45) is 5.29 Å². The minimum Gasteiger partial charge on any atom is -0.385 e. The Labute approximate surface area is 88.5 Å². The molecule has 0 radical (unpaired) electrons. The fraction of sp³-hybridized carbons (Fsp3) is 0.455. The highest BCUT2D eigenvalue weighted by Gasteiger charge is 2.33. The van der Waals surface area contributed by atoms with Crippen LogP contribution < -0.4 is 0 Å². The van der Waals surface area contributed by atoms with Gasteiger partial charge in [-0.3, -0.25) is 5.01 Å². The zero-order valence-electron chi connectivity index (χ0n) is 8.47. The van der Waals surface area contributed by atoms with Crippen LogP contribution in [0.2, 0.25) is 0 Å². The summed E-state index contributed by atoms with van der Waals surface area (Å²) in [5.74, 6) is 0. The number of nitrogens with zero attached hydrogens (tertiary/aromatic N) is 2. The van der Waals surface area contributed by atoms with E-state index in [1.165, 1.54) is 5.01 Å². The second kappa shape index (κ2) is 3.98. The molecule has 1 aliphatic heterocycles. The van der Waals surface area contributed by atoms with Crippen LogP contribution in [0, 0.1) is 4.91 Å². The minimum absolute atomic E-state index is 0.523. The zero-order valence-corrected chi connectivity index (χ0v) is 8.47. The van der Waals surface area contributed by atoms with Crippen molar-refractivity contribution in [2.45, 2.75) is 18.4 Å². The molecule has 1 aliphatic rings. The lowest BCUT2D eigenvalue weighted by Crippen LogP contribution is -2.40. The molecule has 1 fully saturated rings. The highest BCUT2D eigenvalue weighted by Crippen LogP contribution is 2.32. The molecule has 0 atom stereocenters. The van der Waals surface area contributed by atoms with Crippen LogP contribution in [0.15, 0.2) is 35.6 Å². The third-order valence-electron chi connectivity index (χ3n) is 2.99. The van der Waals surface area contributed by atoms with Gasteiger partial charge >= 0.3 is 0 Å². The molecule has 1 aromatic carbocycles. The summed E-state index contributed by atoms with van der Waals surface area (Å²) in [6.45, 7) is 1.05. The summed E-state index contributed by atoms with van der Waals surface area (Å²) in [5, 5.41) is 14.7. The molecule has 4 nitrogen and oxygen atoms in total. The van der Waals surface area contributed by atoms with E-state index in [1.807, 2.05) is 30.3 Å². The van der Waals surface area contributed by atoms with Crippen LogP contribution in [-0.2, 0) is 5.60 Å². The van der Waals surface area contributed by atoms with Gasteiger partial charge in [0.2, 0.25) is 0 Å². The Balaban J connectivity index is 2.13. The van der Waals surface area contributed by atoms with Crippen LogP contribution in [-0.4, -0.2) is 23.2 Å². The molecular formula is C11H14N2O2. The molecule has 0 unspecified atom stereocenters. The van der Waals surface area contributed by atoms with E-state index in [-0.39, 0.29) is 0 Å². The first-order valence-electron chi connectivity index (χ1n) is 5.11. The van der Waals surface area contributed by atoms with Crippen molar-refractivity contribution in [3.05, 3.63) is 40.8 Å². The molecular weight excluding hydrogens is 192 g/mol. The molecule has 0 amide bonds. The average Bonchev–Trinajstić information content (AvgIpc) is 2.31. The smallest absolute Gasteiger partial charge is 0.0931 e. The largest absolute Gasteiger partial charge is 0.385 e. The first-order valence-corrected chi connectivity index (χ1v) is 5.11. The van der Waals surface area contributed by atoms with Gasteiger partial charge in [0.15, 0.2) is 0 Å². The van der Waals surface area contributed by atoms with Crippen molar-refractivity contribution in [1.29, 1.82) is 0 Å². The summed E-state index contributed by atoms with van der Waals surface area (Å²) in [7, 11) is 0. The third kappa shape index (κ3) is 1.99. The average molecular weight is 206 g/mol. The molecule has 0 bridgehead atoms. The lowest BCUT2D eigenvalue weighted by atomic mass is 9.85. The molecule has 2 rings (SSSR count). The molecule has 1 N–H and O–H groups in total. The van der Waals surface area contributed by atoms with E-state index in [2.05, 4.69) is 5.29 Å². The van der Waals surface area contributed by atoms with E-state index < -0.39 is 5.60 Å². The predicted molar refractivity (Wildman–Crippen MR) is 56.9 cm³/mol. The van der Waals surface area contributed by atoms with Crippen molar-refractivity contribution in [3.8, 4) is 0 Å². The number of piperidine rings is 1. The Morgan fingerprint density at radius 2 is 1.80 bits per heavy atom. The summed E-state index contributed by atoms with van der Waals surface area (Å²) in [6.07, 6.45) is 1.12. The standard InChI is InChI=1S/C11H14N2O2/c14-11(10-4-2-1-3-5-10)6-8-13(12-15)9-7-11/h1-5,14H,6-9H2. The quantitative estimate of drug-likeness (QED) is 0.748. The van der Waals surface area contributed by atoms with Gasteiger partial charge in [0.25, 0.3) is 0 Å². The number of aliphatic hydroxyl groups is 1. The van der Waals surface area contributed by atoms with E-state index in [9.17, 15) is 10.0 Å². The van der Waals surface area contributed by atoms with Gasteiger partial charge in [-0.2, -0.15) is 0 Å². The molecule has 0 saturated carbocycles. The topological polar surface area (TPSA) is 52.9 Å². The van der Waals surface area contributed by atoms with Crippen molar-refractivity contribution in [2.75, 3.05) is 13.1 Å². The van der Waals surface area contributed by atoms with E-state index in [4.69, 9.17) is 0 Å². The predicted octanol–water partition coefficient (Wildman–Crippen LogP) is 1.65. The molecule has 15 heavy (non-hydrogen) atoms. The number of hydrogen-bond acceptors (Lipinski definition) is 3. The highest BCUT2D eigenvalue weighted by atomic mass is 16.3. The Morgan fingerprint density at radius 3 is 2.33 bits per heavy atom. The summed E-state index contributed by atoms with van der Waals surface area (Å²) in [4.78, 5) is 10.3. The summed E-state index contributed by atoms with van der Waals surface area (Å²) < 4.78 is 0. The van der Waals surface area contributed by atoms with Gasteiger partial charge in [0.1, 0.15) is 0 Å². The van der Waals surface area contributed by atoms with Gasteiger partial charge in [0.05, 0.1) is 10.9 Å². The van der Waals surface area contributed by atoms with Gasteiger partial charge in [-0.15, -0.1) is 4.91 Å². The third-order valence-corrected chi connectivity index (χ3v) is 2.99. The number of rotatable bonds is 2. The van der Waals surface area contributed by atoms with Gasteiger partial charge in [-0.25, -0.2) is 0 Å². The lowest BCUT2D eigenvalue weighted by Gasteiger charge is -2.35. The van der Waals surface area contributed by atoms with Crippen LogP contribution in [0.5, 0.6) is 0 Å². The van der Waals surface area contributed by atoms with Crippen molar-refractivity contribution in [3.63, 3.8) is 0 Å². The molecule has 0 spiro atoms. The molecule has 0 aromatic heterocycles. The Morgan fingerprint density at radius 1 is 1.20 bits per heavy atom. The van der Waals surface area contributed by atoms with Gasteiger partial charge < -0.3 is 5.11 Å². The molecule has 1 saturated heterocycles. The van der Waals surface area contributed by atoms with Crippen molar-refractivity contribution < 1.29 is 5.11 Å². The van der Waals surface area contributed by atoms with Gasteiger partial charge in [-0.05, 0) is 18.4 Å². The normalized spacial score (nSPS) is 19.9. The van der Waals surface area contributed by atoms with Crippen LogP contribution in [0.1, 0.15) is 18.4 Å². The number of nitroso groups, excluding NO2 is 1. The number of benzene rings is 1. The van der Waals surface area contributed by atoms with Crippen LogP contribution in [0.3, 0.4) is 0 Å². The maximum atomic E-state index is 10.4. The summed E-state index contributed by atoms with van der Waals surface area (Å²) in [5.41, 5.74) is 0.137. The van der Waals surface area contributed by atoms with Crippen molar-refractivity contribution in [1.82, 2.24) is 5.01 Å². The van der Waals surface area contributed by atoms with Crippen LogP contribution >= 0.6 is 0 Å². The van der Waals surface area contributed by atoms with E-state index in [0.29, 0.717) is 25.9 Å². The summed E-state index contributed by atoms with van der Waals surface area (Å²) >= 11 is 0. The molecule has 80 valence electrons. The van der Waals surface area contributed by atoms with Gasteiger partial charge in [-0.1, -0.05) is 30.3 Å². The van der Waals surface area contributed by atoms with Crippen LogP contribution in [0.4, 0.5) is 0 Å². The highest BCUT2D eigenvalue weighted by molar-refractivity contribution is 5.22. The molecule has 1 heterocycles. The zero-order chi connectivity index (χ0) is 10.7. The van der Waals surface area contributed by atoms with E-state index in [0.717, 1.165) is 5.56 Å². The molecule has 0 aliphatic carbocycles. The van der Waals surface area contributed by atoms with E-state index in [1.54, 1.807) is 0 Å². The first kappa shape index (κ1) is 10.1. The maximum Gasteiger partial charge on any atom is 0.0931 e. The Kier molecular flexibility index (Phi) is 2.68. The fourth-order valence-corrected chi connectivity index (χ4v) is 1.98. The lowest BCUT2D eigenvalue weighted by molar-refractivity contribution is -0.0258. The minimum atomic E-state index is -0.789. The second-order valence-electron chi connectivity index (χ2n) is 3.93. The maximum absolute atomic E-state index is 10.4. The summed E-state index contributed by atoms with van der Waals surface area (Å²) in [6, 6.07) is 9.60. The fourth-order valence-electron chi connectivity index (χ4n) is 1.98. The molecule has 4 heteroatoms. The second-order valence-corrected chi connectivity index (χ2v) is 3.93. The number of hydrogen-bond donors (Lipinski definition) is 1. The van der Waals surface area contributed by atoms with E-state index >= 15 is 0 Å². The molecule has 1 aromatic rings. The van der Waals surface area contributed by atoms with Crippen LogP contribution in [0.25, 0.3) is 0 Å². The van der Waals surface area contributed by atoms with Gasteiger partial charge in [0, 0.05) is 13.1 Å². The monoisotopic (exact) mass is 206 g/mol.